The molecule has 142 valence electrons. The van der Waals surface area contributed by atoms with Gasteiger partial charge in [-0.15, -0.1) is 0 Å². The molecule has 0 aliphatic rings. The van der Waals surface area contributed by atoms with Crippen LogP contribution in [0, 0.1) is 6.92 Å². The monoisotopic (exact) mass is 391 g/mol. The SMILES string of the molecule is CCc1cccc2sc(N(Cc3ccccn3)C(=O)c3c(C)cnn3C)nc12. The smallest absolute Gasteiger partial charge is 0.277 e. The maximum absolute atomic E-state index is 13.5. The molecule has 0 fully saturated rings. The molecule has 1 aromatic carbocycles. The molecule has 4 rings (SSSR count). The van der Waals surface area contributed by atoms with Gasteiger partial charge in [-0.1, -0.05) is 36.5 Å². The van der Waals surface area contributed by atoms with Crippen molar-refractivity contribution in [2.45, 2.75) is 26.8 Å². The molecule has 1 amide bonds. The number of fused-ring (bicyclic) bond motifs is 1. The summed E-state index contributed by atoms with van der Waals surface area (Å²) in [5.74, 6) is -0.125. The Bertz CT molecular complexity index is 1110. The van der Waals surface area contributed by atoms with Gasteiger partial charge in [0.1, 0.15) is 5.69 Å². The summed E-state index contributed by atoms with van der Waals surface area (Å²) >= 11 is 1.53. The highest BCUT2D eigenvalue weighted by atomic mass is 32.1. The molecule has 0 saturated heterocycles. The average molecular weight is 392 g/mol. The van der Waals surface area contributed by atoms with E-state index in [9.17, 15) is 4.79 Å². The highest BCUT2D eigenvalue weighted by Gasteiger charge is 2.26. The van der Waals surface area contributed by atoms with Crippen LogP contribution in [0.4, 0.5) is 5.13 Å². The summed E-state index contributed by atoms with van der Waals surface area (Å²) < 4.78 is 2.70. The molecule has 0 bridgehead atoms. The molecule has 0 spiro atoms. The van der Waals surface area contributed by atoms with Crippen LogP contribution in [0.25, 0.3) is 10.2 Å². The third kappa shape index (κ3) is 3.29. The van der Waals surface area contributed by atoms with E-state index < -0.39 is 0 Å². The molecule has 6 nitrogen and oxygen atoms in total. The lowest BCUT2D eigenvalue weighted by Gasteiger charge is -2.20. The van der Waals surface area contributed by atoms with Crippen LogP contribution in [0.3, 0.4) is 0 Å². The fourth-order valence-corrected chi connectivity index (χ4v) is 4.27. The summed E-state index contributed by atoms with van der Waals surface area (Å²) in [5, 5.41) is 4.90. The first-order valence-corrected chi connectivity index (χ1v) is 9.99. The molecular formula is C21H21N5OS. The molecule has 0 saturated carbocycles. The Labute approximate surface area is 167 Å². The van der Waals surface area contributed by atoms with Gasteiger partial charge in [-0.05, 0) is 42.7 Å². The van der Waals surface area contributed by atoms with Gasteiger partial charge in [0, 0.05) is 13.2 Å². The van der Waals surface area contributed by atoms with Gasteiger partial charge in [0.25, 0.3) is 5.91 Å². The Morgan fingerprint density at radius 3 is 2.75 bits per heavy atom. The van der Waals surface area contributed by atoms with Crippen LogP contribution < -0.4 is 4.90 Å². The summed E-state index contributed by atoms with van der Waals surface area (Å²) in [4.78, 5) is 24.4. The standard InChI is InChI=1S/C21H21N5OS/c1-4-15-8-7-10-17-18(15)24-21(28-17)26(13-16-9-5-6-11-22-16)20(27)19-14(2)12-23-25(19)3/h5-12H,4,13H2,1-3H3. The van der Waals surface area contributed by atoms with Crippen LogP contribution in [-0.4, -0.2) is 25.7 Å². The molecule has 0 aliphatic heterocycles. The average Bonchev–Trinajstić information content (AvgIpc) is 3.29. The molecule has 3 heterocycles. The Kier molecular flexibility index (Phi) is 4.92. The molecule has 28 heavy (non-hydrogen) atoms. The van der Waals surface area contributed by atoms with E-state index >= 15 is 0 Å². The highest BCUT2D eigenvalue weighted by molar-refractivity contribution is 7.22. The van der Waals surface area contributed by atoms with Gasteiger partial charge >= 0.3 is 0 Å². The lowest BCUT2D eigenvalue weighted by molar-refractivity contribution is 0.0975. The number of thiazole rings is 1. The van der Waals surface area contributed by atoms with Gasteiger partial charge in [0.15, 0.2) is 5.13 Å². The van der Waals surface area contributed by atoms with E-state index in [0.717, 1.165) is 27.9 Å². The van der Waals surface area contributed by atoms with Gasteiger partial charge in [-0.2, -0.15) is 5.10 Å². The van der Waals surface area contributed by atoms with E-state index in [4.69, 9.17) is 4.98 Å². The number of hydrogen-bond acceptors (Lipinski definition) is 5. The third-order valence-electron chi connectivity index (χ3n) is 4.72. The van der Waals surface area contributed by atoms with E-state index in [2.05, 4.69) is 29.1 Å². The van der Waals surface area contributed by atoms with Crippen molar-refractivity contribution in [3.63, 3.8) is 0 Å². The van der Waals surface area contributed by atoms with Crippen LogP contribution in [0.15, 0.2) is 48.8 Å². The van der Waals surface area contributed by atoms with Gasteiger partial charge in [0.05, 0.1) is 28.7 Å². The summed E-state index contributed by atoms with van der Waals surface area (Å²) in [6, 6.07) is 11.9. The van der Waals surface area contributed by atoms with E-state index in [0.29, 0.717) is 17.4 Å². The molecule has 4 aromatic rings. The van der Waals surface area contributed by atoms with Crippen LogP contribution in [0.5, 0.6) is 0 Å². The molecule has 3 aromatic heterocycles. The Morgan fingerprint density at radius 1 is 1.21 bits per heavy atom. The number of amides is 1. The van der Waals surface area contributed by atoms with E-state index in [1.54, 1.807) is 29.0 Å². The number of carbonyl (C=O) groups is 1. The predicted molar refractivity (Wildman–Crippen MR) is 112 cm³/mol. The number of pyridine rings is 1. The van der Waals surface area contributed by atoms with E-state index in [1.165, 1.54) is 16.9 Å². The van der Waals surface area contributed by atoms with Gasteiger partial charge < -0.3 is 0 Å². The largest absolute Gasteiger partial charge is 0.278 e. The number of aromatic nitrogens is 4. The number of carbonyl (C=O) groups excluding carboxylic acids is 1. The fraction of sp³-hybridized carbons (Fsp3) is 0.238. The van der Waals surface area contributed by atoms with Gasteiger partial charge in [0.2, 0.25) is 0 Å². The minimum Gasteiger partial charge on any atom is -0.277 e. The number of rotatable bonds is 5. The quantitative estimate of drug-likeness (QED) is 0.513. The number of nitrogens with zero attached hydrogens (tertiary/aromatic N) is 5. The molecule has 0 atom stereocenters. The topological polar surface area (TPSA) is 63.9 Å². The number of anilines is 1. The zero-order chi connectivity index (χ0) is 19.7. The maximum atomic E-state index is 13.5. The van der Waals surface area contributed by atoms with E-state index in [1.807, 2.05) is 31.2 Å². The van der Waals surface area contributed by atoms with Crippen LogP contribution in [-0.2, 0) is 20.0 Å². The molecule has 0 aliphatic carbocycles. The second-order valence-electron chi connectivity index (χ2n) is 6.63. The number of aryl methyl sites for hydroxylation is 3. The lowest BCUT2D eigenvalue weighted by Crippen LogP contribution is -2.32. The first-order valence-electron chi connectivity index (χ1n) is 9.17. The van der Waals surface area contributed by atoms with Gasteiger partial charge in [-0.25, -0.2) is 4.98 Å². The van der Waals surface area contributed by atoms with Crippen LogP contribution in [0.1, 0.15) is 34.2 Å². The van der Waals surface area contributed by atoms with Crippen molar-refractivity contribution < 1.29 is 4.79 Å². The first kappa shape index (κ1) is 18.3. The number of para-hydroxylation sites is 1. The lowest BCUT2D eigenvalue weighted by atomic mass is 10.1. The second kappa shape index (κ2) is 7.52. The fourth-order valence-electron chi connectivity index (χ4n) is 3.26. The summed E-state index contributed by atoms with van der Waals surface area (Å²) in [6.45, 7) is 4.36. The van der Waals surface area contributed by atoms with E-state index in [-0.39, 0.29) is 5.91 Å². The summed E-state index contributed by atoms with van der Waals surface area (Å²) in [6.07, 6.45) is 4.34. The summed E-state index contributed by atoms with van der Waals surface area (Å²) in [5.41, 5.74) is 4.36. The van der Waals surface area contributed by atoms with Crippen molar-refractivity contribution in [1.82, 2.24) is 19.7 Å². The molecule has 0 radical (unpaired) electrons. The van der Waals surface area contributed by atoms with Crippen LogP contribution in [0.2, 0.25) is 0 Å². The Morgan fingerprint density at radius 2 is 2.07 bits per heavy atom. The third-order valence-corrected chi connectivity index (χ3v) is 5.76. The molecule has 7 heteroatoms. The van der Waals surface area contributed by atoms with Crippen molar-refractivity contribution in [3.05, 3.63) is 71.3 Å². The van der Waals surface area contributed by atoms with Crippen molar-refractivity contribution in [2.75, 3.05) is 4.90 Å². The first-order chi connectivity index (χ1) is 13.6. The Hall–Kier alpha value is -3.06. The maximum Gasteiger partial charge on any atom is 0.278 e. The molecule has 0 N–H and O–H groups in total. The van der Waals surface area contributed by atoms with Crippen molar-refractivity contribution in [2.24, 2.45) is 7.05 Å². The highest BCUT2D eigenvalue weighted by Crippen LogP contribution is 2.32. The second-order valence-corrected chi connectivity index (χ2v) is 7.64. The zero-order valence-electron chi connectivity index (χ0n) is 16.1. The number of benzene rings is 1. The normalized spacial score (nSPS) is 11.1. The minimum absolute atomic E-state index is 0.125. The number of hydrogen-bond donors (Lipinski definition) is 0. The minimum atomic E-state index is -0.125. The Balaban J connectivity index is 1.82. The van der Waals surface area contributed by atoms with Gasteiger partial charge in [-0.3, -0.25) is 19.4 Å². The van der Waals surface area contributed by atoms with Crippen molar-refractivity contribution in [3.8, 4) is 0 Å². The van der Waals surface area contributed by atoms with Crippen molar-refractivity contribution in [1.29, 1.82) is 0 Å². The summed E-state index contributed by atoms with van der Waals surface area (Å²) in [7, 11) is 1.78. The zero-order valence-corrected chi connectivity index (χ0v) is 16.9. The predicted octanol–water partition coefficient (Wildman–Crippen LogP) is 4.14. The van der Waals surface area contributed by atoms with Crippen molar-refractivity contribution >= 4 is 32.6 Å². The van der Waals surface area contributed by atoms with Crippen LogP contribution >= 0.6 is 11.3 Å². The molecular weight excluding hydrogens is 370 g/mol. The molecule has 0 unspecified atom stereocenters.